The summed E-state index contributed by atoms with van der Waals surface area (Å²) in [5.41, 5.74) is 2.19. The average molecular weight is 339 g/mol. The van der Waals surface area contributed by atoms with E-state index in [1.807, 2.05) is 44.2 Å². The van der Waals surface area contributed by atoms with Crippen molar-refractivity contribution in [2.45, 2.75) is 33.2 Å². The highest BCUT2D eigenvalue weighted by Crippen LogP contribution is 2.13. The Morgan fingerprint density at radius 3 is 2.44 bits per heavy atom. The first-order chi connectivity index (χ1) is 12.0. The van der Waals surface area contributed by atoms with Crippen LogP contribution in [0.1, 0.15) is 24.0 Å². The maximum Gasteiger partial charge on any atom is 0.422 e. The van der Waals surface area contributed by atoms with Crippen molar-refractivity contribution in [3.05, 3.63) is 74.6 Å². The molecule has 0 fully saturated rings. The molecular weight excluding hydrogens is 318 g/mol. The highest BCUT2D eigenvalue weighted by molar-refractivity contribution is 5.78. The van der Waals surface area contributed by atoms with E-state index >= 15 is 0 Å². The minimum absolute atomic E-state index is 0.440. The normalized spacial score (nSPS) is 11.0. The van der Waals surface area contributed by atoms with Gasteiger partial charge in [-0.05, 0) is 51.0 Å². The van der Waals surface area contributed by atoms with Crippen molar-refractivity contribution in [2.75, 3.05) is 6.61 Å². The second kappa shape index (κ2) is 7.38. The van der Waals surface area contributed by atoms with E-state index in [0.717, 1.165) is 24.2 Å². The zero-order valence-electron chi connectivity index (χ0n) is 14.5. The summed E-state index contributed by atoms with van der Waals surface area (Å²) in [4.78, 5) is 23.9. The zero-order valence-corrected chi connectivity index (χ0v) is 14.5. The van der Waals surface area contributed by atoms with Crippen molar-refractivity contribution in [3.63, 3.8) is 0 Å². The fourth-order valence-electron chi connectivity index (χ4n) is 2.74. The minimum atomic E-state index is -0.610. The molecule has 5 nitrogen and oxygen atoms in total. The molecule has 0 aliphatic carbocycles. The number of fused-ring (bicyclic) bond motifs is 1. The molecule has 2 aromatic carbocycles. The Hall–Kier alpha value is -2.82. The van der Waals surface area contributed by atoms with Crippen LogP contribution in [-0.4, -0.2) is 11.2 Å². The van der Waals surface area contributed by atoms with E-state index in [-0.39, 0.29) is 0 Å². The van der Waals surface area contributed by atoms with Gasteiger partial charge in [-0.1, -0.05) is 29.3 Å². The topological polar surface area (TPSA) is 61.4 Å². The molecular formula is C20H21NO4. The first-order valence-corrected chi connectivity index (χ1v) is 8.38. The van der Waals surface area contributed by atoms with Crippen LogP contribution in [0.25, 0.3) is 10.9 Å². The third-order valence-corrected chi connectivity index (χ3v) is 4.13. The molecule has 25 heavy (non-hydrogen) atoms. The van der Waals surface area contributed by atoms with Crippen LogP contribution in [0.4, 0.5) is 0 Å². The Morgan fingerprint density at radius 1 is 0.960 bits per heavy atom. The number of hydrogen-bond acceptors (Lipinski definition) is 4. The number of nitrogens with zero attached hydrogens (tertiary/aromatic N) is 1. The molecule has 3 rings (SSSR count). The zero-order chi connectivity index (χ0) is 17.8. The van der Waals surface area contributed by atoms with Crippen LogP contribution in [-0.2, 0) is 6.54 Å². The number of unbranched alkanes of at least 4 members (excludes halogenated alkanes) is 1. The average Bonchev–Trinajstić information content (AvgIpc) is 2.59. The largest absolute Gasteiger partial charge is 0.494 e. The molecule has 3 aromatic rings. The van der Waals surface area contributed by atoms with Gasteiger partial charge in [-0.2, -0.15) is 0 Å². The van der Waals surface area contributed by atoms with Crippen LogP contribution in [0.3, 0.4) is 0 Å². The molecule has 0 aliphatic heterocycles. The third kappa shape index (κ3) is 3.99. The number of aryl methyl sites for hydroxylation is 3. The second-order valence-electron chi connectivity index (χ2n) is 6.20. The lowest BCUT2D eigenvalue weighted by Gasteiger charge is -2.10. The molecule has 130 valence electrons. The lowest BCUT2D eigenvalue weighted by molar-refractivity contribution is 0.301. The molecule has 0 saturated heterocycles. The Balaban J connectivity index is 1.64. The van der Waals surface area contributed by atoms with Gasteiger partial charge in [0.05, 0.1) is 17.5 Å². The van der Waals surface area contributed by atoms with E-state index in [1.165, 1.54) is 10.1 Å². The SMILES string of the molecule is Cc1ccc(OCCCCn2c(=O)oc(=O)c3cc(C)ccc32)cc1. The van der Waals surface area contributed by atoms with Gasteiger partial charge in [-0.15, -0.1) is 0 Å². The predicted octanol–water partition coefficient (Wildman–Crippen LogP) is 3.43. The number of hydrogen-bond donors (Lipinski definition) is 0. The molecule has 0 atom stereocenters. The minimum Gasteiger partial charge on any atom is -0.494 e. The number of ether oxygens (including phenoxy) is 1. The van der Waals surface area contributed by atoms with Crippen molar-refractivity contribution in [1.82, 2.24) is 4.57 Å². The maximum absolute atomic E-state index is 12.0. The number of rotatable bonds is 6. The van der Waals surface area contributed by atoms with Crippen molar-refractivity contribution >= 4 is 10.9 Å². The summed E-state index contributed by atoms with van der Waals surface area (Å²) < 4.78 is 12.0. The van der Waals surface area contributed by atoms with Crippen LogP contribution in [0.15, 0.2) is 56.5 Å². The van der Waals surface area contributed by atoms with Crippen LogP contribution in [0.2, 0.25) is 0 Å². The van der Waals surface area contributed by atoms with E-state index in [4.69, 9.17) is 9.15 Å². The lowest BCUT2D eigenvalue weighted by atomic mass is 10.1. The highest BCUT2D eigenvalue weighted by Gasteiger charge is 2.09. The molecule has 0 unspecified atom stereocenters. The molecule has 0 bridgehead atoms. The maximum atomic E-state index is 12.0. The van der Waals surface area contributed by atoms with Crippen molar-refractivity contribution in [3.8, 4) is 5.75 Å². The molecule has 0 N–H and O–H groups in total. The predicted molar refractivity (Wildman–Crippen MR) is 97.4 cm³/mol. The Bertz CT molecular complexity index is 983. The Kier molecular flexibility index (Phi) is 5.03. The molecule has 0 saturated carbocycles. The van der Waals surface area contributed by atoms with Crippen LogP contribution in [0, 0.1) is 13.8 Å². The van der Waals surface area contributed by atoms with E-state index in [2.05, 4.69) is 0 Å². The van der Waals surface area contributed by atoms with Gasteiger partial charge in [-0.3, -0.25) is 4.57 Å². The quantitative estimate of drug-likeness (QED) is 0.646. The standard InChI is InChI=1S/C20H21NO4/c1-14-5-8-16(9-6-14)24-12-4-3-11-21-18-10-7-15(2)13-17(18)19(22)25-20(21)23/h5-10,13H,3-4,11-12H2,1-2H3. The summed E-state index contributed by atoms with van der Waals surface area (Å²) in [5.74, 6) is 0.232. The second-order valence-corrected chi connectivity index (χ2v) is 6.20. The number of benzene rings is 2. The smallest absolute Gasteiger partial charge is 0.422 e. The van der Waals surface area contributed by atoms with Gasteiger partial charge < -0.3 is 9.15 Å². The fourth-order valence-corrected chi connectivity index (χ4v) is 2.74. The van der Waals surface area contributed by atoms with Gasteiger partial charge in [0, 0.05) is 6.54 Å². The lowest BCUT2D eigenvalue weighted by Crippen LogP contribution is -2.25. The molecule has 0 amide bonds. The first kappa shape index (κ1) is 17.0. The monoisotopic (exact) mass is 339 g/mol. The van der Waals surface area contributed by atoms with Crippen LogP contribution >= 0.6 is 0 Å². The van der Waals surface area contributed by atoms with Crippen molar-refractivity contribution in [2.24, 2.45) is 0 Å². The van der Waals surface area contributed by atoms with Crippen molar-refractivity contribution < 1.29 is 9.15 Å². The van der Waals surface area contributed by atoms with Gasteiger partial charge in [0.25, 0.3) is 0 Å². The Morgan fingerprint density at radius 2 is 1.68 bits per heavy atom. The molecule has 0 aliphatic rings. The Labute approximate surface area is 145 Å². The van der Waals surface area contributed by atoms with Gasteiger partial charge in [0.2, 0.25) is 0 Å². The highest BCUT2D eigenvalue weighted by atomic mass is 16.5. The van der Waals surface area contributed by atoms with Gasteiger partial charge in [-0.25, -0.2) is 9.59 Å². The van der Waals surface area contributed by atoms with Gasteiger partial charge in [0.1, 0.15) is 5.75 Å². The third-order valence-electron chi connectivity index (χ3n) is 4.13. The molecule has 1 heterocycles. The summed E-state index contributed by atoms with van der Waals surface area (Å²) in [6.45, 7) is 4.99. The molecule has 0 spiro atoms. The molecule has 1 aromatic heterocycles. The van der Waals surface area contributed by atoms with E-state index in [0.29, 0.717) is 24.1 Å². The van der Waals surface area contributed by atoms with Gasteiger partial charge in [0.15, 0.2) is 0 Å². The fraction of sp³-hybridized carbons (Fsp3) is 0.300. The van der Waals surface area contributed by atoms with E-state index < -0.39 is 11.4 Å². The number of aromatic nitrogens is 1. The van der Waals surface area contributed by atoms with Crippen LogP contribution in [0.5, 0.6) is 5.75 Å². The van der Waals surface area contributed by atoms with Gasteiger partial charge >= 0.3 is 11.4 Å². The summed E-state index contributed by atoms with van der Waals surface area (Å²) in [6.07, 6.45) is 1.55. The van der Waals surface area contributed by atoms with E-state index in [9.17, 15) is 9.59 Å². The van der Waals surface area contributed by atoms with E-state index in [1.54, 1.807) is 12.1 Å². The first-order valence-electron chi connectivity index (χ1n) is 8.38. The summed E-state index contributed by atoms with van der Waals surface area (Å²) in [6, 6.07) is 13.3. The summed E-state index contributed by atoms with van der Waals surface area (Å²) >= 11 is 0. The molecule has 5 heteroatoms. The van der Waals surface area contributed by atoms with Crippen molar-refractivity contribution in [1.29, 1.82) is 0 Å². The summed E-state index contributed by atoms with van der Waals surface area (Å²) in [7, 11) is 0. The molecule has 0 radical (unpaired) electrons. The summed E-state index contributed by atoms with van der Waals surface area (Å²) in [5, 5.41) is 0.440. The van der Waals surface area contributed by atoms with Crippen LogP contribution < -0.4 is 16.1 Å².